The number of aryl methyl sites for hydroxylation is 1. The van der Waals surface area contributed by atoms with E-state index in [9.17, 15) is 0 Å². The molecule has 3 aromatic rings. The van der Waals surface area contributed by atoms with Crippen molar-refractivity contribution in [1.29, 1.82) is 5.26 Å². The molecule has 3 aromatic heterocycles. The maximum atomic E-state index is 8.68. The molecule has 0 saturated heterocycles. The first-order valence-electron chi connectivity index (χ1n) is 9.72. The Labute approximate surface area is 179 Å². The third-order valence-electron chi connectivity index (χ3n) is 4.18. The standard InChI is InChI=1S/C9H10N2.C8H10ClN.C7H9N/c1-7(2)9-3-4-11-6-8(9)5-10;1-6(2)7-3-4-10-5-8(7)9;1-2-7-3-5-8-6-4-7/h3-4,6-7H,1-2H3;3-6H,1-2H3;3-6H,2H2,1H3. The van der Waals surface area contributed by atoms with E-state index in [2.05, 4.69) is 55.6 Å². The Kier molecular flexibility index (Phi) is 11.2. The van der Waals surface area contributed by atoms with Crippen LogP contribution in [0.25, 0.3) is 0 Å². The second-order valence-electron chi connectivity index (χ2n) is 6.99. The van der Waals surface area contributed by atoms with Crippen molar-refractivity contribution in [2.45, 2.75) is 52.9 Å². The van der Waals surface area contributed by atoms with Gasteiger partial charge in [0.05, 0.1) is 10.6 Å². The highest BCUT2D eigenvalue weighted by Gasteiger charge is 2.04. The van der Waals surface area contributed by atoms with Crippen LogP contribution in [0.4, 0.5) is 0 Å². The van der Waals surface area contributed by atoms with Gasteiger partial charge in [0.1, 0.15) is 6.07 Å². The fraction of sp³-hybridized carbons (Fsp3) is 0.333. The van der Waals surface area contributed by atoms with E-state index in [4.69, 9.17) is 16.9 Å². The molecular weight excluding hydrogens is 380 g/mol. The number of hydrogen-bond acceptors (Lipinski definition) is 4. The van der Waals surface area contributed by atoms with E-state index in [1.807, 2.05) is 36.7 Å². The predicted molar refractivity (Wildman–Crippen MR) is 120 cm³/mol. The Bertz CT molecular complexity index is 887. The number of pyridine rings is 3. The van der Waals surface area contributed by atoms with Gasteiger partial charge in [-0.15, -0.1) is 0 Å². The van der Waals surface area contributed by atoms with Crippen LogP contribution in [-0.2, 0) is 6.42 Å². The zero-order valence-corrected chi connectivity index (χ0v) is 18.6. The van der Waals surface area contributed by atoms with Crippen molar-refractivity contribution in [3.63, 3.8) is 0 Å². The summed E-state index contributed by atoms with van der Waals surface area (Å²) in [5.74, 6) is 0.878. The summed E-state index contributed by atoms with van der Waals surface area (Å²) in [7, 11) is 0. The first-order chi connectivity index (χ1) is 13.9. The van der Waals surface area contributed by atoms with Crippen LogP contribution in [0.3, 0.4) is 0 Å². The number of hydrogen-bond donors (Lipinski definition) is 0. The van der Waals surface area contributed by atoms with E-state index in [0.717, 1.165) is 22.6 Å². The number of nitriles is 1. The molecule has 0 aromatic carbocycles. The lowest BCUT2D eigenvalue weighted by Gasteiger charge is -2.05. The largest absolute Gasteiger partial charge is 0.265 e. The number of nitrogens with zero attached hydrogens (tertiary/aromatic N) is 4. The van der Waals surface area contributed by atoms with E-state index in [-0.39, 0.29) is 0 Å². The average Bonchev–Trinajstić information content (AvgIpc) is 2.75. The lowest BCUT2D eigenvalue weighted by atomic mass is 10.0. The van der Waals surface area contributed by atoms with Crippen LogP contribution in [-0.4, -0.2) is 15.0 Å². The summed E-state index contributed by atoms with van der Waals surface area (Å²) in [5.41, 5.74) is 4.27. The lowest BCUT2D eigenvalue weighted by molar-refractivity contribution is 0.858. The number of halogens is 1. The topological polar surface area (TPSA) is 62.5 Å². The van der Waals surface area contributed by atoms with Crippen molar-refractivity contribution in [2.24, 2.45) is 0 Å². The highest BCUT2D eigenvalue weighted by molar-refractivity contribution is 6.31. The first-order valence-corrected chi connectivity index (χ1v) is 10.1. The molecule has 4 nitrogen and oxygen atoms in total. The van der Waals surface area contributed by atoms with Gasteiger partial charge in [0.2, 0.25) is 0 Å². The number of aromatic nitrogens is 3. The summed E-state index contributed by atoms with van der Waals surface area (Å²) in [6.07, 6.45) is 11.5. The minimum absolute atomic E-state index is 0.396. The predicted octanol–water partition coefficient (Wildman–Crippen LogP) is 6.58. The van der Waals surface area contributed by atoms with Gasteiger partial charge in [-0.1, -0.05) is 46.2 Å². The van der Waals surface area contributed by atoms with E-state index in [0.29, 0.717) is 17.4 Å². The lowest BCUT2D eigenvalue weighted by Crippen LogP contribution is -1.92. The summed E-state index contributed by atoms with van der Waals surface area (Å²) in [5, 5.41) is 9.44. The Hall–Kier alpha value is -2.77. The van der Waals surface area contributed by atoms with E-state index >= 15 is 0 Å². The highest BCUT2D eigenvalue weighted by Crippen LogP contribution is 2.21. The quantitative estimate of drug-likeness (QED) is 0.491. The third kappa shape index (κ3) is 8.85. The molecule has 0 unspecified atom stereocenters. The Morgan fingerprint density at radius 1 is 0.828 bits per heavy atom. The molecule has 29 heavy (non-hydrogen) atoms. The van der Waals surface area contributed by atoms with Crippen LogP contribution in [0.5, 0.6) is 0 Å². The first kappa shape index (κ1) is 24.3. The zero-order chi connectivity index (χ0) is 21.6. The van der Waals surface area contributed by atoms with Gasteiger partial charge in [-0.25, -0.2) is 0 Å². The van der Waals surface area contributed by atoms with Crippen molar-refractivity contribution in [3.8, 4) is 6.07 Å². The third-order valence-corrected chi connectivity index (χ3v) is 4.50. The van der Waals surface area contributed by atoms with Gasteiger partial charge >= 0.3 is 0 Å². The smallest absolute Gasteiger partial charge is 0.101 e. The molecule has 0 fully saturated rings. The fourth-order valence-corrected chi connectivity index (χ4v) is 2.81. The van der Waals surface area contributed by atoms with Crippen LogP contribution in [0.2, 0.25) is 5.02 Å². The van der Waals surface area contributed by atoms with Crippen molar-refractivity contribution < 1.29 is 0 Å². The van der Waals surface area contributed by atoms with Crippen LogP contribution in [0, 0.1) is 11.3 Å². The summed E-state index contributed by atoms with van der Waals surface area (Å²) in [6, 6.07) is 10.0. The van der Waals surface area contributed by atoms with E-state index in [1.165, 1.54) is 5.56 Å². The molecule has 0 amide bonds. The Balaban J connectivity index is 0.000000220. The van der Waals surface area contributed by atoms with Gasteiger partial charge in [0, 0.05) is 37.2 Å². The molecule has 0 radical (unpaired) electrons. The second kappa shape index (κ2) is 13.4. The average molecular weight is 409 g/mol. The molecule has 0 N–H and O–H groups in total. The second-order valence-corrected chi connectivity index (χ2v) is 7.40. The summed E-state index contributed by atoms with van der Waals surface area (Å²) >= 11 is 5.86. The normalized spacial score (nSPS) is 9.76. The molecule has 3 rings (SSSR count). The Morgan fingerprint density at radius 3 is 1.72 bits per heavy atom. The SMILES string of the molecule is CC(C)c1ccncc1C#N.CC(C)c1ccncc1Cl.CCc1ccncc1. The molecule has 3 heterocycles. The van der Waals surface area contributed by atoms with Gasteiger partial charge in [-0.2, -0.15) is 5.26 Å². The Morgan fingerprint density at radius 2 is 1.34 bits per heavy atom. The summed E-state index contributed by atoms with van der Waals surface area (Å²) in [4.78, 5) is 11.7. The van der Waals surface area contributed by atoms with Gasteiger partial charge < -0.3 is 0 Å². The fourth-order valence-electron chi connectivity index (χ4n) is 2.47. The van der Waals surface area contributed by atoms with Gasteiger partial charge in [-0.3, -0.25) is 15.0 Å². The molecule has 5 heteroatoms. The van der Waals surface area contributed by atoms with E-state index in [1.54, 1.807) is 24.8 Å². The molecule has 0 spiro atoms. The molecule has 0 aliphatic rings. The maximum Gasteiger partial charge on any atom is 0.101 e. The monoisotopic (exact) mass is 408 g/mol. The minimum Gasteiger partial charge on any atom is -0.265 e. The van der Waals surface area contributed by atoms with Crippen LogP contribution < -0.4 is 0 Å². The molecule has 0 aliphatic carbocycles. The van der Waals surface area contributed by atoms with Gasteiger partial charge in [0.15, 0.2) is 0 Å². The van der Waals surface area contributed by atoms with Crippen LogP contribution in [0.15, 0.2) is 61.4 Å². The van der Waals surface area contributed by atoms with E-state index < -0.39 is 0 Å². The molecule has 0 atom stereocenters. The van der Waals surface area contributed by atoms with Crippen LogP contribution >= 0.6 is 11.6 Å². The molecule has 0 saturated carbocycles. The highest BCUT2D eigenvalue weighted by atomic mass is 35.5. The maximum absolute atomic E-state index is 8.68. The van der Waals surface area contributed by atoms with Crippen molar-refractivity contribution >= 4 is 11.6 Å². The minimum atomic E-state index is 0.396. The molecule has 0 aliphatic heterocycles. The molecule has 152 valence electrons. The summed E-state index contributed by atoms with van der Waals surface area (Å²) < 4.78 is 0. The van der Waals surface area contributed by atoms with Crippen LogP contribution in [0.1, 0.15) is 68.7 Å². The van der Waals surface area contributed by atoms with Gasteiger partial charge in [-0.05, 0) is 59.2 Å². The molecule has 0 bridgehead atoms. The summed E-state index contributed by atoms with van der Waals surface area (Å²) in [6.45, 7) is 10.5. The van der Waals surface area contributed by atoms with Crippen molar-refractivity contribution in [3.05, 3.63) is 88.7 Å². The van der Waals surface area contributed by atoms with Crippen molar-refractivity contribution in [1.82, 2.24) is 15.0 Å². The van der Waals surface area contributed by atoms with Crippen molar-refractivity contribution in [2.75, 3.05) is 0 Å². The zero-order valence-electron chi connectivity index (χ0n) is 17.8. The molecular formula is C24H29ClN4. The van der Waals surface area contributed by atoms with Gasteiger partial charge in [0.25, 0.3) is 0 Å². The number of rotatable bonds is 3.